The van der Waals surface area contributed by atoms with Gasteiger partial charge in [0.05, 0.1) is 11.0 Å². The minimum Gasteiger partial charge on any atom is -0.311 e. The number of aryl methyl sites for hydroxylation is 2. The Morgan fingerprint density at radius 2 is 1.89 bits per heavy atom. The van der Waals surface area contributed by atoms with Gasteiger partial charge in [-0.25, -0.2) is 8.42 Å². The molecule has 0 bridgehead atoms. The predicted molar refractivity (Wildman–Crippen MR) is 74.4 cm³/mol. The van der Waals surface area contributed by atoms with Crippen LogP contribution in [0.2, 0.25) is 0 Å². The molecular weight excluding hydrogens is 246 g/mol. The molecular formula is C14H21NO2S. The van der Waals surface area contributed by atoms with Gasteiger partial charge in [-0.05, 0) is 32.3 Å². The molecule has 1 atom stereocenters. The Labute approximate surface area is 110 Å². The summed E-state index contributed by atoms with van der Waals surface area (Å²) in [5, 5.41) is 3.10. The Kier molecular flexibility index (Phi) is 4.07. The summed E-state index contributed by atoms with van der Waals surface area (Å²) in [6, 6.07) is 6.43. The van der Waals surface area contributed by atoms with Crippen molar-refractivity contribution in [3.8, 4) is 0 Å². The van der Waals surface area contributed by atoms with Crippen LogP contribution in [0.1, 0.15) is 29.5 Å². The van der Waals surface area contributed by atoms with Gasteiger partial charge in [0.15, 0.2) is 9.84 Å². The summed E-state index contributed by atoms with van der Waals surface area (Å²) in [6.45, 7) is 5.49. The second kappa shape index (κ2) is 5.41. The van der Waals surface area contributed by atoms with Gasteiger partial charge in [-0.3, -0.25) is 0 Å². The van der Waals surface area contributed by atoms with Crippen molar-refractivity contribution in [3.63, 3.8) is 0 Å². The van der Waals surface area contributed by atoms with E-state index in [2.05, 4.69) is 37.4 Å². The summed E-state index contributed by atoms with van der Waals surface area (Å²) >= 11 is 0. The molecule has 1 N–H and O–H groups in total. The van der Waals surface area contributed by atoms with Crippen LogP contribution in [0.3, 0.4) is 0 Å². The molecule has 2 rings (SSSR count). The van der Waals surface area contributed by atoms with Gasteiger partial charge in [-0.1, -0.05) is 29.3 Å². The number of sulfone groups is 1. The highest BCUT2D eigenvalue weighted by Crippen LogP contribution is 2.19. The predicted octanol–water partition coefficient (Wildman–Crippen LogP) is 1.97. The molecule has 0 radical (unpaired) electrons. The Bertz CT molecular complexity index is 502. The normalized spacial score (nSPS) is 22.2. The van der Waals surface area contributed by atoms with Crippen LogP contribution in [0, 0.1) is 13.8 Å². The maximum atomic E-state index is 11.7. The molecule has 1 unspecified atom stereocenters. The number of hydrogen-bond donors (Lipinski definition) is 1. The molecule has 0 saturated carbocycles. The van der Waals surface area contributed by atoms with Gasteiger partial charge in [0, 0.05) is 13.1 Å². The van der Waals surface area contributed by atoms with Gasteiger partial charge < -0.3 is 5.32 Å². The fourth-order valence-electron chi connectivity index (χ4n) is 2.64. The molecule has 1 aromatic carbocycles. The lowest BCUT2D eigenvalue weighted by Gasteiger charge is -2.11. The van der Waals surface area contributed by atoms with E-state index in [1.54, 1.807) is 0 Å². The Morgan fingerprint density at radius 3 is 2.44 bits per heavy atom. The fraction of sp³-hybridized carbons (Fsp3) is 0.571. The van der Waals surface area contributed by atoms with E-state index in [0.717, 1.165) is 19.4 Å². The Morgan fingerprint density at radius 1 is 1.22 bits per heavy atom. The summed E-state index contributed by atoms with van der Waals surface area (Å²) in [5.74, 6) is 0.364. The molecule has 1 aliphatic rings. The van der Waals surface area contributed by atoms with Crippen molar-refractivity contribution in [1.82, 2.24) is 5.32 Å². The van der Waals surface area contributed by atoms with Crippen LogP contribution in [-0.2, 0) is 16.4 Å². The highest BCUT2D eigenvalue weighted by Gasteiger charge is 2.30. The van der Waals surface area contributed by atoms with E-state index in [-0.39, 0.29) is 5.25 Å². The maximum absolute atomic E-state index is 11.7. The topological polar surface area (TPSA) is 46.2 Å². The first-order valence-electron chi connectivity index (χ1n) is 6.47. The smallest absolute Gasteiger partial charge is 0.154 e. The van der Waals surface area contributed by atoms with E-state index in [9.17, 15) is 8.42 Å². The minimum atomic E-state index is -2.82. The van der Waals surface area contributed by atoms with E-state index < -0.39 is 9.84 Å². The van der Waals surface area contributed by atoms with Crippen molar-refractivity contribution in [2.24, 2.45) is 0 Å². The molecule has 1 fully saturated rings. The zero-order valence-electron chi connectivity index (χ0n) is 11.1. The van der Waals surface area contributed by atoms with Crippen molar-refractivity contribution in [3.05, 3.63) is 34.9 Å². The molecule has 18 heavy (non-hydrogen) atoms. The Balaban J connectivity index is 1.89. The molecule has 0 amide bonds. The molecule has 0 spiro atoms. The third-order valence-corrected chi connectivity index (χ3v) is 5.72. The highest BCUT2D eigenvalue weighted by molar-refractivity contribution is 7.92. The highest BCUT2D eigenvalue weighted by atomic mass is 32.2. The van der Waals surface area contributed by atoms with E-state index in [0.29, 0.717) is 12.3 Å². The van der Waals surface area contributed by atoms with Crippen LogP contribution in [0.5, 0.6) is 0 Å². The molecule has 1 aromatic rings. The molecule has 1 saturated heterocycles. The van der Waals surface area contributed by atoms with Crippen LogP contribution in [0.15, 0.2) is 18.2 Å². The van der Waals surface area contributed by atoms with Gasteiger partial charge in [0.25, 0.3) is 0 Å². The molecule has 0 aliphatic carbocycles. The Hall–Kier alpha value is -0.870. The van der Waals surface area contributed by atoms with Crippen LogP contribution in [0.25, 0.3) is 0 Å². The zero-order chi connectivity index (χ0) is 13.2. The van der Waals surface area contributed by atoms with Crippen LogP contribution in [-0.4, -0.2) is 26.0 Å². The molecule has 0 aromatic heterocycles. The first kappa shape index (κ1) is 13.6. The van der Waals surface area contributed by atoms with Crippen molar-refractivity contribution in [2.45, 2.75) is 38.5 Å². The van der Waals surface area contributed by atoms with E-state index in [1.807, 2.05) is 0 Å². The monoisotopic (exact) mass is 267 g/mol. The summed E-state index contributed by atoms with van der Waals surface area (Å²) in [4.78, 5) is 0. The number of benzene rings is 1. The van der Waals surface area contributed by atoms with Crippen molar-refractivity contribution >= 4 is 9.84 Å². The summed E-state index contributed by atoms with van der Waals surface area (Å²) in [6.07, 6.45) is 1.63. The summed E-state index contributed by atoms with van der Waals surface area (Å²) < 4.78 is 23.3. The first-order valence-corrected chi connectivity index (χ1v) is 8.18. The molecule has 3 nitrogen and oxygen atoms in total. The van der Waals surface area contributed by atoms with E-state index in [1.165, 1.54) is 16.7 Å². The van der Waals surface area contributed by atoms with Gasteiger partial charge >= 0.3 is 0 Å². The second-order valence-electron chi connectivity index (χ2n) is 5.26. The maximum Gasteiger partial charge on any atom is 0.154 e. The third-order valence-electron chi connectivity index (χ3n) is 3.45. The quantitative estimate of drug-likeness (QED) is 0.907. The second-order valence-corrected chi connectivity index (χ2v) is 7.66. The zero-order valence-corrected chi connectivity index (χ0v) is 11.9. The summed E-state index contributed by atoms with van der Waals surface area (Å²) in [5.41, 5.74) is 3.73. The van der Waals surface area contributed by atoms with Gasteiger partial charge in [-0.15, -0.1) is 0 Å². The lowest BCUT2D eigenvalue weighted by Crippen LogP contribution is -2.30. The van der Waals surface area contributed by atoms with Crippen LogP contribution < -0.4 is 5.32 Å². The first-order chi connectivity index (χ1) is 8.47. The molecule has 1 heterocycles. The largest absolute Gasteiger partial charge is 0.311 e. The van der Waals surface area contributed by atoms with Gasteiger partial charge in [-0.2, -0.15) is 0 Å². The van der Waals surface area contributed by atoms with Crippen LogP contribution in [0.4, 0.5) is 0 Å². The van der Waals surface area contributed by atoms with Crippen molar-refractivity contribution in [1.29, 1.82) is 0 Å². The number of rotatable bonds is 4. The van der Waals surface area contributed by atoms with Crippen molar-refractivity contribution in [2.75, 3.05) is 12.3 Å². The lowest BCUT2D eigenvalue weighted by molar-refractivity contribution is 0.574. The van der Waals surface area contributed by atoms with Gasteiger partial charge in [0.2, 0.25) is 0 Å². The number of nitrogens with one attached hydrogen (secondary N) is 1. The third kappa shape index (κ3) is 3.33. The van der Waals surface area contributed by atoms with E-state index >= 15 is 0 Å². The average molecular weight is 267 g/mol. The average Bonchev–Trinajstić information content (AvgIpc) is 2.57. The lowest BCUT2D eigenvalue weighted by atomic mass is 10.1. The SMILES string of the molecule is Cc1cc(C)cc(CNCC2CCCS2(=O)=O)c1. The van der Waals surface area contributed by atoms with Crippen molar-refractivity contribution < 1.29 is 8.42 Å². The van der Waals surface area contributed by atoms with Crippen LogP contribution >= 0.6 is 0 Å². The fourth-order valence-corrected chi connectivity index (χ4v) is 4.44. The standard InChI is InChI=1S/C14H21NO2S/c1-11-6-12(2)8-13(7-11)9-15-10-14-4-3-5-18(14,16)17/h6-8,14-15H,3-5,9-10H2,1-2H3. The minimum absolute atomic E-state index is 0.177. The van der Waals surface area contributed by atoms with Gasteiger partial charge in [0.1, 0.15) is 0 Å². The summed E-state index contributed by atoms with van der Waals surface area (Å²) in [7, 11) is -2.82. The van der Waals surface area contributed by atoms with E-state index in [4.69, 9.17) is 0 Å². The molecule has 1 aliphatic heterocycles. The molecule has 100 valence electrons. The number of hydrogen-bond acceptors (Lipinski definition) is 3. The molecule has 4 heteroatoms.